The van der Waals surface area contributed by atoms with Gasteiger partial charge in [-0.2, -0.15) is 0 Å². The van der Waals surface area contributed by atoms with Crippen LogP contribution in [0.2, 0.25) is 5.02 Å². The summed E-state index contributed by atoms with van der Waals surface area (Å²) < 4.78 is 5.57. The summed E-state index contributed by atoms with van der Waals surface area (Å²) in [4.78, 5) is 28.3. The molecule has 0 unspecified atom stereocenters. The second kappa shape index (κ2) is 8.93. The van der Waals surface area contributed by atoms with E-state index in [1.165, 1.54) is 6.20 Å². The number of pyridine rings is 1. The van der Waals surface area contributed by atoms with Crippen molar-refractivity contribution in [3.63, 3.8) is 0 Å². The minimum Gasteiger partial charge on any atom is -0.484 e. The number of amides is 2. The van der Waals surface area contributed by atoms with Crippen LogP contribution in [0.25, 0.3) is 0 Å². The molecule has 7 nitrogen and oxygen atoms in total. The van der Waals surface area contributed by atoms with E-state index in [4.69, 9.17) is 22.1 Å². The molecule has 8 heteroatoms. The molecule has 1 aliphatic carbocycles. The number of hydrogen-bond acceptors (Lipinski definition) is 5. The van der Waals surface area contributed by atoms with E-state index in [-0.39, 0.29) is 30.5 Å². The third-order valence-corrected chi connectivity index (χ3v) is 4.91. The molecule has 148 valence electrons. The summed E-state index contributed by atoms with van der Waals surface area (Å²) in [6, 6.07) is 8.51. The molecule has 0 radical (unpaired) electrons. The number of carbonyl (C=O) groups is 2. The highest BCUT2D eigenvalue weighted by Crippen LogP contribution is 2.22. The number of nitrogen functional groups attached to an aromatic ring is 1. The number of rotatable bonds is 6. The second-order valence-electron chi connectivity index (χ2n) is 6.92. The van der Waals surface area contributed by atoms with Gasteiger partial charge in [-0.15, -0.1) is 0 Å². The first-order chi connectivity index (χ1) is 13.4. The van der Waals surface area contributed by atoms with E-state index in [0.29, 0.717) is 28.6 Å². The Morgan fingerprint density at radius 1 is 1.21 bits per heavy atom. The van der Waals surface area contributed by atoms with Gasteiger partial charge in [0.25, 0.3) is 11.8 Å². The molecule has 28 heavy (non-hydrogen) atoms. The van der Waals surface area contributed by atoms with Crippen LogP contribution in [0.1, 0.15) is 35.2 Å². The minimum atomic E-state index is -0.189. The maximum Gasteiger partial charge on any atom is 0.258 e. The lowest BCUT2D eigenvalue weighted by molar-refractivity contribution is -0.123. The smallest absolute Gasteiger partial charge is 0.258 e. The Kier molecular flexibility index (Phi) is 6.36. The average molecular weight is 403 g/mol. The molecule has 1 saturated carbocycles. The summed E-state index contributed by atoms with van der Waals surface area (Å²) in [7, 11) is 0. The Morgan fingerprint density at radius 3 is 2.64 bits per heavy atom. The normalized spacial score (nSPS) is 18.5. The third kappa shape index (κ3) is 5.36. The molecular weight excluding hydrogens is 380 g/mol. The van der Waals surface area contributed by atoms with E-state index in [1.807, 2.05) is 6.92 Å². The number of nitrogens with one attached hydrogen (secondary N) is 2. The Bertz CT molecular complexity index is 857. The molecule has 0 saturated heterocycles. The fourth-order valence-electron chi connectivity index (χ4n) is 3.24. The maximum atomic E-state index is 12.2. The van der Waals surface area contributed by atoms with Gasteiger partial charge in [0, 0.05) is 23.3 Å². The molecule has 4 N–H and O–H groups in total. The Balaban J connectivity index is 1.43. The molecule has 1 aromatic heterocycles. The number of benzene rings is 1. The highest BCUT2D eigenvalue weighted by Gasteiger charge is 2.27. The zero-order valence-electron chi connectivity index (χ0n) is 15.6. The van der Waals surface area contributed by atoms with Crippen molar-refractivity contribution in [2.24, 2.45) is 0 Å². The number of ether oxygens (including phenoxy) is 1. The minimum absolute atomic E-state index is 0.00906. The number of hydrogen-bond donors (Lipinski definition) is 3. The molecule has 1 fully saturated rings. The molecule has 2 aromatic rings. The van der Waals surface area contributed by atoms with Crippen molar-refractivity contribution in [2.45, 2.75) is 38.3 Å². The Morgan fingerprint density at radius 2 is 1.96 bits per heavy atom. The summed E-state index contributed by atoms with van der Waals surface area (Å²) in [5.74, 6) is 0.629. The van der Waals surface area contributed by atoms with Gasteiger partial charge in [0.2, 0.25) is 0 Å². The molecule has 1 aromatic carbocycles. The molecule has 2 amide bonds. The van der Waals surface area contributed by atoms with Crippen LogP contribution in [0.5, 0.6) is 5.75 Å². The van der Waals surface area contributed by atoms with Crippen molar-refractivity contribution in [3.8, 4) is 5.75 Å². The third-order valence-electron chi connectivity index (χ3n) is 4.68. The van der Waals surface area contributed by atoms with Crippen molar-refractivity contribution >= 4 is 29.2 Å². The van der Waals surface area contributed by atoms with E-state index in [0.717, 1.165) is 18.4 Å². The van der Waals surface area contributed by atoms with Gasteiger partial charge in [0.15, 0.2) is 6.61 Å². The number of aromatic nitrogens is 1. The van der Waals surface area contributed by atoms with Gasteiger partial charge in [-0.25, -0.2) is 4.98 Å². The van der Waals surface area contributed by atoms with Crippen molar-refractivity contribution in [1.29, 1.82) is 0 Å². The number of aryl methyl sites for hydroxylation is 1. The predicted molar refractivity (Wildman–Crippen MR) is 107 cm³/mol. The SMILES string of the molecule is Cc1cc(Cl)ccc1OCC(=O)N[C@@H]1CC[C@H](NC(=O)c2ccc(N)nc2)C1. The van der Waals surface area contributed by atoms with Gasteiger partial charge < -0.3 is 21.1 Å². The van der Waals surface area contributed by atoms with Crippen LogP contribution in [-0.2, 0) is 4.79 Å². The van der Waals surface area contributed by atoms with E-state index in [9.17, 15) is 9.59 Å². The maximum absolute atomic E-state index is 12.2. The van der Waals surface area contributed by atoms with Crippen LogP contribution < -0.4 is 21.1 Å². The number of nitrogens with zero attached hydrogens (tertiary/aromatic N) is 1. The number of carbonyl (C=O) groups excluding carboxylic acids is 2. The van der Waals surface area contributed by atoms with Gasteiger partial charge in [0.05, 0.1) is 5.56 Å². The van der Waals surface area contributed by atoms with E-state index < -0.39 is 0 Å². The van der Waals surface area contributed by atoms with Gasteiger partial charge in [-0.1, -0.05) is 11.6 Å². The largest absolute Gasteiger partial charge is 0.484 e. The first-order valence-electron chi connectivity index (χ1n) is 9.11. The van der Waals surface area contributed by atoms with Gasteiger partial charge >= 0.3 is 0 Å². The lowest BCUT2D eigenvalue weighted by Gasteiger charge is -2.15. The van der Waals surface area contributed by atoms with Crippen LogP contribution in [-0.4, -0.2) is 35.5 Å². The molecule has 1 heterocycles. The second-order valence-corrected chi connectivity index (χ2v) is 7.35. The summed E-state index contributed by atoms with van der Waals surface area (Å²) in [5, 5.41) is 6.56. The van der Waals surface area contributed by atoms with Gasteiger partial charge in [0.1, 0.15) is 11.6 Å². The lowest BCUT2D eigenvalue weighted by Crippen LogP contribution is -2.39. The monoisotopic (exact) mass is 402 g/mol. The highest BCUT2D eigenvalue weighted by atomic mass is 35.5. The van der Waals surface area contributed by atoms with Crippen molar-refractivity contribution in [3.05, 3.63) is 52.7 Å². The van der Waals surface area contributed by atoms with Crippen molar-refractivity contribution in [2.75, 3.05) is 12.3 Å². The molecule has 0 spiro atoms. The number of halogens is 1. The first-order valence-corrected chi connectivity index (χ1v) is 9.49. The van der Waals surface area contributed by atoms with E-state index >= 15 is 0 Å². The lowest BCUT2D eigenvalue weighted by atomic mass is 10.2. The van der Waals surface area contributed by atoms with Crippen LogP contribution in [0.4, 0.5) is 5.82 Å². The molecule has 2 atom stereocenters. The average Bonchev–Trinajstić information content (AvgIpc) is 3.08. The molecular formula is C20H23ClN4O3. The fourth-order valence-corrected chi connectivity index (χ4v) is 3.47. The quantitative estimate of drug-likeness (QED) is 0.688. The topological polar surface area (TPSA) is 106 Å². The zero-order valence-corrected chi connectivity index (χ0v) is 16.3. The number of nitrogens with two attached hydrogens (primary N) is 1. The standard InChI is InChI=1S/C20H23ClN4O3/c1-12-8-14(21)3-6-17(12)28-11-19(26)24-15-4-5-16(9-15)25-20(27)13-2-7-18(22)23-10-13/h2-3,6-8,10,15-16H,4-5,9,11H2,1H3,(H2,22,23)(H,24,26)(H,25,27)/t15-,16+/m1/s1. The molecule has 3 rings (SSSR count). The van der Waals surface area contributed by atoms with Crippen molar-refractivity contribution in [1.82, 2.24) is 15.6 Å². The Hall–Kier alpha value is -2.80. The van der Waals surface area contributed by atoms with Crippen molar-refractivity contribution < 1.29 is 14.3 Å². The van der Waals surface area contributed by atoms with Gasteiger partial charge in [-0.3, -0.25) is 9.59 Å². The molecule has 0 bridgehead atoms. The van der Waals surface area contributed by atoms with Crippen LogP contribution >= 0.6 is 11.6 Å². The van der Waals surface area contributed by atoms with E-state index in [1.54, 1.807) is 30.3 Å². The van der Waals surface area contributed by atoms with Gasteiger partial charge in [-0.05, 0) is 62.1 Å². The number of anilines is 1. The molecule has 1 aliphatic rings. The Labute approximate surface area is 168 Å². The van der Waals surface area contributed by atoms with Crippen LogP contribution in [0.3, 0.4) is 0 Å². The summed E-state index contributed by atoms with van der Waals surface area (Å²) in [6.07, 6.45) is 3.74. The predicted octanol–water partition coefficient (Wildman–Crippen LogP) is 2.47. The fraction of sp³-hybridized carbons (Fsp3) is 0.350. The van der Waals surface area contributed by atoms with Crippen LogP contribution in [0, 0.1) is 6.92 Å². The first kappa shape index (κ1) is 19.9. The zero-order chi connectivity index (χ0) is 20.1. The van der Waals surface area contributed by atoms with E-state index in [2.05, 4.69) is 15.6 Å². The van der Waals surface area contributed by atoms with Crippen LogP contribution in [0.15, 0.2) is 36.5 Å². The highest BCUT2D eigenvalue weighted by molar-refractivity contribution is 6.30. The summed E-state index contributed by atoms with van der Waals surface area (Å²) in [5.41, 5.74) is 6.87. The summed E-state index contributed by atoms with van der Waals surface area (Å²) in [6.45, 7) is 1.81. The summed E-state index contributed by atoms with van der Waals surface area (Å²) >= 11 is 5.91. The molecule has 0 aliphatic heterocycles.